The normalized spacial score (nSPS) is 15.3. The van der Waals surface area contributed by atoms with Crippen LogP contribution in [0.5, 0.6) is 5.75 Å². The molecular weight excluding hydrogens is 240 g/mol. The fourth-order valence-electron chi connectivity index (χ4n) is 2.11. The maximum absolute atomic E-state index is 9.21. The molecule has 1 rings (SSSR count). The Morgan fingerprint density at radius 2 is 2.26 bits per heavy atom. The summed E-state index contributed by atoms with van der Waals surface area (Å²) in [6.07, 6.45) is 0.512. The lowest BCUT2D eigenvalue weighted by Crippen LogP contribution is -2.44. The quantitative estimate of drug-likeness (QED) is 0.791. The van der Waals surface area contributed by atoms with Crippen molar-refractivity contribution in [2.45, 2.75) is 45.4 Å². The van der Waals surface area contributed by atoms with Crippen LogP contribution in [0.2, 0.25) is 0 Å². The van der Waals surface area contributed by atoms with Crippen LogP contribution < -0.4 is 10.1 Å². The average molecular weight is 262 g/mol. The van der Waals surface area contributed by atoms with Gasteiger partial charge >= 0.3 is 0 Å². The van der Waals surface area contributed by atoms with Crippen LogP contribution in [0.25, 0.3) is 0 Å². The van der Waals surface area contributed by atoms with Crippen LogP contribution >= 0.6 is 0 Å². The summed E-state index contributed by atoms with van der Waals surface area (Å²) < 4.78 is 5.80. The summed E-state index contributed by atoms with van der Waals surface area (Å²) in [4.78, 5) is 0. The molecule has 0 aliphatic rings. The number of nitrogens with one attached hydrogen (secondary N) is 1. The maximum atomic E-state index is 9.21. The summed E-state index contributed by atoms with van der Waals surface area (Å²) in [6, 6.07) is 9.65. The van der Waals surface area contributed by atoms with Gasteiger partial charge in [-0.3, -0.25) is 5.32 Å². The Balaban J connectivity index is 2.64. The minimum atomic E-state index is -0.581. The number of aliphatic hydroxyl groups excluding tert-OH is 1. The van der Waals surface area contributed by atoms with Gasteiger partial charge in [-0.2, -0.15) is 5.26 Å². The lowest BCUT2D eigenvalue weighted by Gasteiger charge is -2.26. The Morgan fingerprint density at radius 3 is 2.84 bits per heavy atom. The number of nitrogens with zero attached hydrogens (tertiary/aromatic N) is 1. The van der Waals surface area contributed by atoms with Gasteiger partial charge in [0.2, 0.25) is 0 Å². The van der Waals surface area contributed by atoms with E-state index in [4.69, 9.17) is 9.84 Å². The van der Waals surface area contributed by atoms with Crippen molar-refractivity contribution in [3.63, 3.8) is 0 Å². The molecule has 0 aliphatic carbocycles. The van der Waals surface area contributed by atoms with Gasteiger partial charge in [-0.05, 0) is 38.1 Å². The number of benzene rings is 1. The van der Waals surface area contributed by atoms with E-state index in [0.717, 1.165) is 17.9 Å². The highest BCUT2D eigenvalue weighted by Crippen LogP contribution is 2.19. The molecule has 0 heterocycles. The van der Waals surface area contributed by atoms with E-state index >= 15 is 0 Å². The van der Waals surface area contributed by atoms with Gasteiger partial charge in [0.1, 0.15) is 11.3 Å². The van der Waals surface area contributed by atoms with E-state index in [1.54, 1.807) is 0 Å². The molecule has 0 amide bonds. The smallest absolute Gasteiger partial charge is 0.120 e. The highest BCUT2D eigenvalue weighted by molar-refractivity contribution is 5.28. The molecule has 1 aromatic rings. The molecule has 0 fully saturated rings. The maximum Gasteiger partial charge on any atom is 0.120 e. The van der Waals surface area contributed by atoms with E-state index in [1.165, 1.54) is 0 Å². The minimum absolute atomic E-state index is 0.00111. The molecule has 19 heavy (non-hydrogen) atoms. The summed E-state index contributed by atoms with van der Waals surface area (Å²) in [5, 5.41) is 21.5. The fourth-order valence-corrected chi connectivity index (χ4v) is 2.11. The first-order chi connectivity index (χ1) is 9.03. The molecule has 0 bridgehead atoms. The molecule has 0 aliphatic heterocycles. The molecule has 2 N–H and O–H groups in total. The van der Waals surface area contributed by atoms with Crippen LogP contribution in [0.4, 0.5) is 0 Å². The predicted octanol–water partition coefficient (Wildman–Crippen LogP) is 2.23. The number of hydrogen-bond donors (Lipinski definition) is 2. The van der Waals surface area contributed by atoms with Crippen molar-refractivity contribution in [1.82, 2.24) is 5.32 Å². The largest absolute Gasteiger partial charge is 0.491 e. The summed E-state index contributed by atoms with van der Waals surface area (Å²) in [7, 11) is 0. The first-order valence-electron chi connectivity index (χ1n) is 6.55. The fraction of sp³-hybridized carbons (Fsp3) is 0.533. The molecule has 1 aromatic carbocycles. The standard InChI is InChI=1S/C15H22N2O2/c1-4-17-15(3,11-16)9-12(2)19-14-7-5-6-13(8-14)10-18/h5-8,12,17-18H,4,9-10H2,1-3H3. The lowest BCUT2D eigenvalue weighted by molar-refractivity contribution is 0.180. The van der Waals surface area contributed by atoms with Gasteiger partial charge in [0.15, 0.2) is 0 Å². The monoisotopic (exact) mass is 262 g/mol. The van der Waals surface area contributed by atoms with Crippen LogP contribution in [0.3, 0.4) is 0 Å². The van der Waals surface area contributed by atoms with Gasteiger partial charge in [-0.25, -0.2) is 0 Å². The van der Waals surface area contributed by atoms with Crippen LogP contribution in [0, 0.1) is 11.3 Å². The van der Waals surface area contributed by atoms with Crippen molar-refractivity contribution in [2.24, 2.45) is 0 Å². The van der Waals surface area contributed by atoms with Crippen LogP contribution in [0.1, 0.15) is 32.8 Å². The van der Waals surface area contributed by atoms with E-state index in [2.05, 4.69) is 11.4 Å². The van der Waals surface area contributed by atoms with Crippen molar-refractivity contribution in [2.75, 3.05) is 6.54 Å². The number of nitriles is 1. The van der Waals surface area contributed by atoms with Crippen molar-refractivity contribution in [1.29, 1.82) is 5.26 Å². The van der Waals surface area contributed by atoms with Crippen molar-refractivity contribution < 1.29 is 9.84 Å². The summed E-state index contributed by atoms with van der Waals surface area (Å²) >= 11 is 0. The zero-order valence-electron chi connectivity index (χ0n) is 11.8. The minimum Gasteiger partial charge on any atom is -0.491 e. The third kappa shape index (κ3) is 4.90. The second-order valence-corrected chi connectivity index (χ2v) is 4.91. The molecule has 0 saturated heterocycles. The van der Waals surface area contributed by atoms with E-state index < -0.39 is 5.54 Å². The van der Waals surface area contributed by atoms with Crippen LogP contribution in [-0.4, -0.2) is 23.3 Å². The van der Waals surface area contributed by atoms with Crippen molar-refractivity contribution >= 4 is 0 Å². The van der Waals surface area contributed by atoms with Gasteiger partial charge < -0.3 is 9.84 Å². The van der Waals surface area contributed by atoms with E-state index in [-0.39, 0.29) is 12.7 Å². The van der Waals surface area contributed by atoms with Gasteiger partial charge in [0.05, 0.1) is 18.8 Å². The van der Waals surface area contributed by atoms with Crippen molar-refractivity contribution in [3.05, 3.63) is 29.8 Å². The molecule has 0 saturated carbocycles. The van der Waals surface area contributed by atoms with Crippen molar-refractivity contribution in [3.8, 4) is 11.8 Å². The number of hydrogen-bond acceptors (Lipinski definition) is 4. The van der Waals surface area contributed by atoms with E-state index in [9.17, 15) is 5.26 Å². The number of aliphatic hydroxyl groups is 1. The van der Waals surface area contributed by atoms with Gasteiger partial charge in [-0.1, -0.05) is 19.1 Å². The molecule has 4 nitrogen and oxygen atoms in total. The molecular formula is C15H22N2O2. The summed E-state index contributed by atoms with van der Waals surface area (Å²) in [6.45, 7) is 6.54. The van der Waals surface area contributed by atoms with E-state index in [0.29, 0.717) is 6.42 Å². The zero-order valence-corrected chi connectivity index (χ0v) is 11.8. The summed E-state index contributed by atoms with van der Waals surface area (Å²) in [5.74, 6) is 0.718. The zero-order chi connectivity index (χ0) is 14.3. The number of ether oxygens (including phenoxy) is 1. The Morgan fingerprint density at radius 1 is 1.53 bits per heavy atom. The third-order valence-electron chi connectivity index (χ3n) is 2.93. The molecule has 0 radical (unpaired) electrons. The highest BCUT2D eigenvalue weighted by Gasteiger charge is 2.26. The Bertz CT molecular complexity index is 442. The summed E-state index contributed by atoms with van der Waals surface area (Å²) in [5.41, 5.74) is 0.238. The molecule has 0 aromatic heterocycles. The van der Waals surface area contributed by atoms with Gasteiger partial charge in [0, 0.05) is 6.42 Å². The molecule has 4 heteroatoms. The Labute approximate surface area is 115 Å². The Kier molecular flexibility index (Phi) is 5.81. The first kappa shape index (κ1) is 15.5. The SMILES string of the molecule is CCNC(C)(C#N)CC(C)Oc1cccc(CO)c1. The molecule has 104 valence electrons. The molecule has 2 unspecified atom stereocenters. The molecule has 2 atom stereocenters. The molecule has 0 spiro atoms. The third-order valence-corrected chi connectivity index (χ3v) is 2.93. The number of rotatable bonds is 7. The average Bonchev–Trinajstić information content (AvgIpc) is 2.39. The second-order valence-electron chi connectivity index (χ2n) is 4.91. The van der Waals surface area contributed by atoms with Gasteiger partial charge in [-0.15, -0.1) is 0 Å². The van der Waals surface area contributed by atoms with E-state index in [1.807, 2.05) is 45.0 Å². The topological polar surface area (TPSA) is 65.3 Å². The Hall–Kier alpha value is -1.57. The highest BCUT2D eigenvalue weighted by atomic mass is 16.5. The van der Waals surface area contributed by atoms with Crippen LogP contribution in [0.15, 0.2) is 24.3 Å². The lowest BCUT2D eigenvalue weighted by atomic mass is 9.96. The van der Waals surface area contributed by atoms with Crippen LogP contribution in [-0.2, 0) is 6.61 Å². The first-order valence-corrected chi connectivity index (χ1v) is 6.55. The van der Waals surface area contributed by atoms with Gasteiger partial charge in [0.25, 0.3) is 0 Å². The second kappa shape index (κ2) is 7.13. The predicted molar refractivity (Wildman–Crippen MR) is 74.8 cm³/mol.